The highest BCUT2D eigenvalue weighted by atomic mass is 79.9. The maximum atomic E-state index is 13.5. The van der Waals surface area contributed by atoms with Gasteiger partial charge in [-0.05, 0) is 31.7 Å². The highest BCUT2D eigenvalue weighted by molar-refractivity contribution is 9.10. The molecule has 0 heterocycles. The quantitative estimate of drug-likeness (QED) is 0.882. The van der Waals surface area contributed by atoms with Crippen LogP contribution in [-0.4, -0.2) is 24.3 Å². The normalized spacial score (nSPS) is 15.0. The van der Waals surface area contributed by atoms with Gasteiger partial charge in [0.25, 0.3) is 0 Å². The van der Waals surface area contributed by atoms with E-state index in [9.17, 15) is 9.50 Å². The Morgan fingerprint density at radius 2 is 2.20 bits per heavy atom. The third-order valence-electron chi connectivity index (χ3n) is 2.14. The Labute approximate surface area is 97.6 Å². The van der Waals surface area contributed by atoms with Gasteiger partial charge in [-0.2, -0.15) is 0 Å². The van der Waals surface area contributed by atoms with Crippen molar-refractivity contribution in [2.45, 2.75) is 18.9 Å². The first-order chi connectivity index (χ1) is 6.94. The number of rotatable bonds is 4. The van der Waals surface area contributed by atoms with Crippen molar-refractivity contribution in [1.82, 2.24) is 5.32 Å². The van der Waals surface area contributed by atoms with Gasteiger partial charge in [-0.1, -0.05) is 22.0 Å². The van der Waals surface area contributed by atoms with Crippen LogP contribution < -0.4 is 5.32 Å². The molecule has 0 saturated carbocycles. The van der Waals surface area contributed by atoms with Crippen molar-refractivity contribution in [1.29, 1.82) is 0 Å². The molecular weight excluding hydrogens is 261 g/mol. The highest BCUT2D eigenvalue weighted by Crippen LogP contribution is 2.19. The molecule has 1 aromatic rings. The second kappa shape index (κ2) is 5.05. The van der Waals surface area contributed by atoms with Crippen LogP contribution in [0, 0.1) is 5.82 Å². The van der Waals surface area contributed by atoms with Gasteiger partial charge in [-0.15, -0.1) is 0 Å². The summed E-state index contributed by atoms with van der Waals surface area (Å²) >= 11 is 3.19. The summed E-state index contributed by atoms with van der Waals surface area (Å²) in [6.07, 6.45) is 0.299. The van der Waals surface area contributed by atoms with Gasteiger partial charge >= 0.3 is 0 Å². The minimum Gasteiger partial charge on any atom is -0.389 e. The van der Waals surface area contributed by atoms with E-state index in [1.807, 2.05) is 0 Å². The number of hydrogen-bond acceptors (Lipinski definition) is 2. The highest BCUT2D eigenvalue weighted by Gasteiger charge is 2.21. The number of likely N-dealkylation sites (N-methyl/N-ethyl adjacent to an activating group) is 1. The summed E-state index contributed by atoms with van der Waals surface area (Å²) in [5.74, 6) is -0.291. The first-order valence-electron chi connectivity index (χ1n) is 4.75. The molecule has 2 N–H and O–H groups in total. The van der Waals surface area contributed by atoms with Crippen molar-refractivity contribution in [2.24, 2.45) is 0 Å². The van der Waals surface area contributed by atoms with E-state index < -0.39 is 5.60 Å². The second-order valence-electron chi connectivity index (χ2n) is 3.94. The van der Waals surface area contributed by atoms with Crippen molar-refractivity contribution < 1.29 is 9.50 Å². The Balaban J connectivity index is 2.80. The zero-order chi connectivity index (χ0) is 11.5. The van der Waals surface area contributed by atoms with Gasteiger partial charge < -0.3 is 10.4 Å². The van der Waals surface area contributed by atoms with E-state index in [4.69, 9.17) is 0 Å². The summed E-state index contributed by atoms with van der Waals surface area (Å²) < 4.78 is 14.2. The minimum atomic E-state index is -0.927. The molecule has 0 spiro atoms. The Hall–Kier alpha value is -0.450. The van der Waals surface area contributed by atoms with Gasteiger partial charge in [0.2, 0.25) is 0 Å². The van der Waals surface area contributed by atoms with Crippen LogP contribution in [-0.2, 0) is 6.42 Å². The lowest BCUT2D eigenvalue weighted by atomic mass is 9.96. The molecule has 0 aliphatic carbocycles. The lowest BCUT2D eigenvalue weighted by Gasteiger charge is -2.23. The topological polar surface area (TPSA) is 32.3 Å². The van der Waals surface area contributed by atoms with Crippen LogP contribution in [0.4, 0.5) is 4.39 Å². The smallest absolute Gasteiger partial charge is 0.127 e. The number of hydrogen-bond donors (Lipinski definition) is 2. The van der Waals surface area contributed by atoms with Gasteiger partial charge in [-0.25, -0.2) is 4.39 Å². The second-order valence-corrected chi connectivity index (χ2v) is 4.86. The van der Waals surface area contributed by atoms with E-state index in [1.165, 1.54) is 6.07 Å². The predicted octanol–water partition coefficient (Wildman–Crippen LogP) is 2.10. The molecule has 1 unspecified atom stereocenters. The van der Waals surface area contributed by atoms with Crippen LogP contribution in [0.25, 0.3) is 0 Å². The monoisotopic (exact) mass is 275 g/mol. The first kappa shape index (κ1) is 12.6. The third kappa shape index (κ3) is 3.89. The molecule has 15 heavy (non-hydrogen) atoms. The average molecular weight is 276 g/mol. The van der Waals surface area contributed by atoms with Crippen LogP contribution in [0.1, 0.15) is 12.5 Å². The van der Waals surface area contributed by atoms with Crippen LogP contribution in [0.5, 0.6) is 0 Å². The van der Waals surface area contributed by atoms with Gasteiger partial charge in [0.05, 0.1) is 5.60 Å². The van der Waals surface area contributed by atoms with Gasteiger partial charge in [0.15, 0.2) is 0 Å². The maximum Gasteiger partial charge on any atom is 0.127 e. The Bertz CT molecular complexity index is 341. The zero-order valence-corrected chi connectivity index (χ0v) is 10.4. The predicted molar refractivity (Wildman–Crippen MR) is 62.4 cm³/mol. The van der Waals surface area contributed by atoms with E-state index in [2.05, 4.69) is 21.2 Å². The molecule has 0 amide bonds. The lowest BCUT2D eigenvalue weighted by Crippen LogP contribution is -2.38. The molecule has 0 bridgehead atoms. The molecule has 0 radical (unpaired) electrons. The molecular formula is C11H15BrFNO. The SMILES string of the molecule is CNCC(C)(O)Cc1ccc(Br)cc1F. The fourth-order valence-corrected chi connectivity index (χ4v) is 1.85. The minimum absolute atomic E-state index is 0.291. The van der Waals surface area contributed by atoms with E-state index in [0.29, 0.717) is 23.0 Å². The summed E-state index contributed by atoms with van der Waals surface area (Å²) in [6.45, 7) is 2.12. The first-order valence-corrected chi connectivity index (χ1v) is 5.55. The standard InChI is InChI=1S/C11H15BrFNO/c1-11(15,7-14-2)6-8-3-4-9(12)5-10(8)13/h3-5,14-15H,6-7H2,1-2H3. The molecule has 0 aliphatic rings. The van der Waals surface area contributed by atoms with Crippen molar-refractivity contribution in [2.75, 3.05) is 13.6 Å². The molecule has 84 valence electrons. The zero-order valence-electron chi connectivity index (χ0n) is 8.85. The molecule has 0 aromatic heterocycles. The Morgan fingerprint density at radius 1 is 1.53 bits per heavy atom. The largest absolute Gasteiger partial charge is 0.389 e. The molecule has 0 aliphatic heterocycles. The van der Waals surface area contributed by atoms with Crippen molar-refractivity contribution in [3.8, 4) is 0 Å². The number of halogens is 2. The van der Waals surface area contributed by atoms with Crippen LogP contribution in [0.15, 0.2) is 22.7 Å². The van der Waals surface area contributed by atoms with E-state index in [0.717, 1.165) is 0 Å². The fourth-order valence-electron chi connectivity index (χ4n) is 1.52. The number of nitrogens with one attached hydrogen (secondary N) is 1. The van der Waals surface area contributed by atoms with Crippen molar-refractivity contribution in [3.63, 3.8) is 0 Å². The Kier molecular flexibility index (Phi) is 4.25. The van der Waals surface area contributed by atoms with E-state index >= 15 is 0 Å². The molecule has 0 saturated heterocycles. The average Bonchev–Trinajstić information content (AvgIpc) is 2.09. The fraction of sp³-hybridized carbons (Fsp3) is 0.455. The van der Waals surface area contributed by atoms with Crippen molar-refractivity contribution in [3.05, 3.63) is 34.1 Å². The van der Waals surface area contributed by atoms with Gasteiger partial charge in [-0.3, -0.25) is 0 Å². The lowest BCUT2D eigenvalue weighted by molar-refractivity contribution is 0.0613. The summed E-state index contributed by atoms with van der Waals surface area (Å²) in [5.41, 5.74) is -0.401. The summed E-state index contributed by atoms with van der Waals surface area (Å²) in [5, 5.41) is 12.8. The summed E-state index contributed by atoms with van der Waals surface area (Å²) in [6, 6.07) is 4.86. The molecule has 4 heteroatoms. The van der Waals surface area contributed by atoms with Crippen LogP contribution in [0.3, 0.4) is 0 Å². The summed E-state index contributed by atoms with van der Waals surface area (Å²) in [4.78, 5) is 0. The van der Waals surface area contributed by atoms with Crippen LogP contribution in [0.2, 0.25) is 0 Å². The molecule has 1 aromatic carbocycles. The molecule has 1 rings (SSSR count). The van der Waals surface area contributed by atoms with Crippen LogP contribution >= 0.6 is 15.9 Å². The summed E-state index contributed by atoms with van der Waals surface area (Å²) in [7, 11) is 1.76. The van der Waals surface area contributed by atoms with Gasteiger partial charge in [0, 0.05) is 17.4 Å². The number of aliphatic hydroxyl groups is 1. The number of benzene rings is 1. The molecule has 2 nitrogen and oxygen atoms in total. The maximum absolute atomic E-state index is 13.5. The van der Waals surface area contributed by atoms with E-state index in [1.54, 1.807) is 26.1 Å². The molecule has 1 atom stereocenters. The van der Waals surface area contributed by atoms with Crippen molar-refractivity contribution >= 4 is 15.9 Å². The molecule has 0 fully saturated rings. The Morgan fingerprint density at radius 3 is 2.73 bits per heavy atom. The van der Waals surface area contributed by atoms with Gasteiger partial charge in [0.1, 0.15) is 5.82 Å². The third-order valence-corrected chi connectivity index (χ3v) is 2.64. The van der Waals surface area contributed by atoms with E-state index in [-0.39, 0.29) is 5.82 Å².